The van der Waals surface area contributed by atoms with Crippen molar-refractivity contribution in [3.8, 4) is 6.07 Å². The number of rotatable bonds is 3. The Morgan fingerprint density at radius 2 is 2.40 bits per heavy atom. The SMILES string of the molecule is CNC(C#N)Cc1cc2c([nH]c1=O)CCN(C(C)=O)C2. The van der Waals surface area contributed by atoms with Gasteiger partial charge >= 0.3 is 0 Å². The topological polar surface area (TPSA) is 89.0 Å². The van der Waals surface area contributed by atoms with Gasteiger partial charge in [0.05, 0.1) is 12.1 Å². The second kappa shape index (κ2) is 5.88. The maximum Gasteiger partial charge on any atom is 0.251 e. The molecule has 1 amide bonds. The maximum absolute atomic E-state index is 12.0. The van der Waals surface area contributed by atoms with Crippen molar-refractivity contribution in [1.82, 2.24) is 15.2 Å². The van der Waals surface area contributed by atoms with Gasteiger partial charge in [0.2, 0.25) is 5.91 Å². The Kier molecular flexibility index (Phi) is 4.20. The lowest BCUT2D eigenvalue weighted by Gasteiger charge is -2.28. The molecule has 1 aromatic rings. The van der Waals surface area contributed by atoms with Gasteiger partial charge in [-0.2, -0.15) is 5.26 Å². The third kappa shape index (κ3) is 2.89. The number of aromatic amines is 1. The summed E-state index contributed by atoms with van der Waals surface area (Å²) in [6.45, 7) is 2.70. The molecule has 0 saturated carbocycles. The molecule has 2 N–H and O–H groups in total. The van der Waals surface area contributed by atoms with Crippen LogP contribution in [0.1, 0.15) is 23.7 Å². The third-order valence-electron chi connectivity index (χ3n) is 3.66. The van der Waals surface area contributed by atoms with Crippen LogP contribution in [0.5, 0.6) is 0 Å². The van der Waals surface area contributed by atoms with Crippen LogP contribution in [0.4, 0.5) is 0 Å². The summed E-state index contributed by atoms with van der Waals surface area (Å²) < 4.78 is 0. The number of hydrogen-bond donors (Lipinski definition) is 2. The number of hydrogen-bond acceptors (Lipinski definition) is 4. The number of carbonyl (C=O) groups excluding carboxylic acids is 1. The fourth-order valence-electron chi connectivity index (χ4n) is 2.41. The molecule has 1 aliphatic heterocycles. The molecule has 0 aromatic carbocycles. The van der Waals surface area contributed by atoms with Crippen molar-refractivity contribution in [2.45, 2.75) is 32.4 Å². The largest absolute Gasteiger partial charge is 0.338 e. The van der Waals surface area contributed by atoms with Crippen LogP contribution in [0.2, 0.25) is 0 Å². The molecule has 6 nitrogen and oxygen atoms in total. The van der Waals surface area contributed by atoms with Gasteiger partial charge in [0.25, 0.3) is 5.56 Å². The van der Waals surface area contributed by atoms with Gasteiger partial charge in [-0.15, -0.1) is 0 Å². The normalized spacial score (nSPS) is 15.3. The molecule has 6 heteroatoms. The van der Waals surface area contributed by atoms with E-state index in [1.807, 2.05) is 6.07 Å². The van der Waals surface area contributed by atoms with Gasteiger partial charge in [0, 0.05) is 44.1 Å². The second-order valence-corrected chi connectivity index (χ2v) is 4.99. The standard InChI is InChI=1S/C14H18N4O2/c1-9(19)18-4-3-13-11(8-18)5-10(14(20)17-13)6-12(7-15)16-2/h5,12,16H,3-4,6,8H2,1-2H3,(H,17,20). The minimum Gasteiger partial charge on any atom is -0.338 e. The highest BCUT2D eigenvalue weighted by atomic mass is 16.2. The van der Waals surface area contributed by atoms with Gasteiger partial charge in [0.15, 0.2) is 0 Å². The molecule has 1 unspecified atom stereocenters. The van der Waals surface area contributed by atoms with Crippen molar-refractivity contribution in [3.63, 3.8) is 0 Å². The molecular weight excluding hydrogens is 256 g/mol. The minimum atomic E-state index is -0.387. The zero-order chi connectivity index (χ0) is 14.7. The minimum absolute atomic E-state index is 0.0357. The number of H-pyrrole nitrogens is 1. The lowest BCUT2D eigenvalue weighted by molar-refractivity contribution is -0.129. The molecule has 0 spiro atoms. The summed E-state index contributed by atoms with van der Waals surface area (Å²) in [4.78, 5) is 28.1. The molecule has 0 radical (unpaired) electrons. The Hall–Kier alpha value is -2.13. The molecule has 0 fully saturated rings. The van der Waals surface area contributed by atoms with E-state index in [-0.39, 0.29) is 17.5 Å². The van der Waals surface area contributed by atoms with Crippen molar-refractivity contribution >= 4 is 5.91 Å². The van der Waals surface area contributed by atoms with E-state index >= 15 is 0 Å². The molecular formula is C14H18N4O2. The molecule has 0 aliphatic carbocycles. The fraction of sp³-hybridized carbons (Fsp3) is 0.500. The van der Waals surface area contributed by atoms with Crippen molar-refractivity contribution in [1.29, 1.82) is 5.26 Å². The number of nitrogens with zero attached hydrogens (tertiary/aromatic N) is 2. The number of aromatic nitrogens is 1. The van der Waals surface area contributed by atoms with Crippen LogP contribution in [-0.4, -0.2) is 35.4 Å². The average Bonchev–Trinajstić information content (AvgIpc) is 2.44. The summed E-state index contributed by atoms with van der Waals surface area (Å²) in [7, 11) is 1.69. The Morgan fingerprint density at radius 1 is 1.65 bits per heavy atom. The van der Waals surface area contributed by atoms with Crippen molar-refractivity contribution in [2.24, 2.45) is 0 Å². The lowest BCUT2D eigenvalue weighted by atomic mass is 10.0. The Morgan fingerprint density at radius 3 is 3.00 bits per heavy atom. The molecule has 1 aliphatic rings. The molecule has 106 valence electrons. The van der Waals surface area contributed by atoms with Crippen LogP contribution in [-0.2, 0) is 24.2 Å². The Labute approximate surface area is 117 Å². The van der Waals surface area contributed by atoms with Crippen LogP contribution in [0.25, 0.3) is 0 Å². The number of pyridine rings is 1. The highest BCUT2D eigenvalue weighted by Crippen LogP contribution is 2.17. The highest BCUT2D eigenvalue weighted by Gasteiger charge is 2.20. The molecule has 0 bridgehead atoms. The number of amides is 1. The second-order valence-electron chi connectivity index (χ2n) is 4.99. The third-order valence-corrected chi connectivity index (χ3v) is 3.66. The van der Waals surface area contributed by atoms with Crippen LogP contribution in [0.15, 0.2) is 10.9 Å². The first kappa shape index (κ1) is 14.3. The van der Waals surface area contributed by atoms with E-state index in [2.05, 4.69) is 16.4 Å². The van der Waals surface area contributed by atoms with Crippen LogP contribution < -0.4 is 10.9 Å². The monoisotopic (exact) mass is 274 g/mol. The van der Waals surface area contributed by atoms with E-state index in [4.69, 9.17) is 5.26 Å². The van der Waals surface area contributed by atoms with Crippen molar-refractivity contribution < 1.29 is 4.79 Å². The van der Waals surface area contributed by atoms with E-state index < -0.39 is 0 Å². The zero-order valence-electron chi connectivity index (χ0n) is 11.7. The molecule has 2 heterocycles. The summed E-state index contributed by atoms with van der Waals surface area (Å²) in [5.41, 5.74) is 2.30. The van der Waals surface area contributed by atoms with E-state index in [1.165, 1.54) is 0 Å². The predicted octanol–water partition coefficient (Wildman–Crippen LogP) is -0.0664. The number of fused-ring (bicyclic) bond motifs is 1. The van der Waals surface area contributed by atoms with E-state index in [0.29, 0.717) is 31.5 Å². The highest BCUT2D eigenvalue weighted by molar-refractivity contribution is 5.73. The van der Waals surface area contributed by atoms with E-state index in [9.17, 15) is 9.59 Å². The first-order valence-electron chi connectivity index (χ1n) is 6.61. The van der Waals surface area contributed by atoms with E-state index in [0.717, 1.165) is 11.3 Å². The first-order valence-corrected chi connectivity index (χ1v) is 6.61. The summed E-state index contributed by atoms with van der Waals surface area (Å²) in [6, 6.07) is 3.54. The summed E-state index contributed by atoms with van der Waals surface area (Å²) in [5.74, 6) is 0.0357. The first-order chi connectivity index (χ1) is 9.55. The van der Waals surface area contributed by atoms with E-state index in [1.54, 1.807) is 18.9 Å². The van der Waals surface area contributed by atoms with Crippen LogP contribution in [0.3, 0.4) is 0 Å². The molecule has 0 saturated heterocycles. The Balaban J connectivity index is 2.29. The maximum atomic E-state index is 12.0. The summed E-state index contributed by atoms with van der Waals surface area (Å²) in [5, 5.41) is 11.8. The van der Waals surface area contributed by atoms with Gasteiger partial charge < -0.3 is 15.2 Å². The zero-order valence-corrected chi connectivity index (χ0v) is 11.7. The molecule has 2 rings (SSSR count). The predicted molar refractivity (Wildman–Crippen MR) is 74.0 cm³/mol. The lowest BCUT2D eigenvalue weighted by Crippen LogP contribution is -2.36. The smallest absolute Gasteiger partial charge is 0.251 e. The molecule has 1 atom stereocenters. The molecule has 1 aromatic heterocycles. The van der Waals surface area contributed by atoms with Crippen molar-refractivity contribution in [3.05, 3.63) is 33.2 Å². The van der Waals surface area contributed by atoms with Crippen molar-refractivity contribution in [2.75, 3.05) is 13.6 Å². The molecule has 20 heavy (non-hydrogen) atoms. The number of nitriles is 1. The average molecular weight is 274 g/mol. The Bertz CT molecular complexity index is 615. The van der Waals surface area contributed by atoms with Gasteiger partial charge in [0.1, 0.15) is 0 Å². The number of carbonyl (C=O) groups is 1. The van der Waals surface area contributed by atoms with Crippen LogP contribution in [0, 0.1) is 11.3 Å². The number of nitrogens with one attached hydrogen (secondary N) is 2. The van der Waals surface area contributed by atoms with Gasteiger partial charge in [-0.1, -0.05) is 0 Å². The van der Waals surface area contributed by atoms with Crippen LogP contribution >= 0.6 is 0 Å². The summed E-state index contributed by atoms with van der Waals surface area (Å²) >= 11 is 0. The van der Waals surface area contributed by atoms with Gasteiger partial charge in [-0.25, -0.2) is 0 Å². The quantitative estimate of drug-likeness (QED) is 0.807. The van der Waals surface area contributed by atoms with Gasteiger partial charge in [-0.05, 0) is 18.7 Å². The fourth-order valence-corrected chi connectivity index (χ4v) is 2.41. The number of likely N-dealkylation sites (N-methyl/N-ethyl adjacent to an activating group) is 1. The summed E-state index contributed by atoms with van der Waals surface area (Å²) in [6.07, 6.45) is 1.02. The van der Waals surface area contributed by atoms with Gasteiger partial charge in [-0.3, -0.25) is 9.59 Å².